The molecule has 74 valence electrons. The highest BCUT2D eigenvalue weighted by atomic mass is 32.2. The molecule has 1 amide bonds. The fraction of sp³-hybridized carbons (Fsp3) is 0.889. The van der Waals surface area contributed by atoms with Crippen LogP contribution >= 0.6 is 11.8 Å². The molecule has 0 atom stereocenters. The number of hydrogen-bond donors (Lipinski definition) is 1. The van der Waals surface area contributed by atoms with Crippen molar-refractivity contribution in [1.82, 2.24) is 10.2 Å². The van der Waals surface area contributed by atoms with Gasteiger partial charge in [0.1, 0.15) is 0 Å². The van der Waals surface area contributed by atoms with E-state index >= 15 is 0 Å². The Morgan fingerprint density at radius 3 is 2.62 bits per heavy atom. The number of nitrogens with zero attached hydrogens (tertiary/aromatic N) is 1. The van der Waals surface area contributed by atoms with Crippen molar-refractivity contribution in [2.45, 2.75) is 6.42 Å². The molecule has 2 fully saturated rings. The van der Waals surface area contributed by atoms with E-state index in [4.69, 9.17) is 0 Å². The summed E-state index contributed by atoms with van der Waals surface area (Å²) in [5, 5.41) is 3.19. The predicted molar refractivity (Wildman–Crippen MR) is 54.9 cm³/mol. The van der Waals surface area contributed by atoms with E-state index in [0.29, 0.717) is 11.8 Å². The smallest absolute Gasteiger partial charge is 0.222 e. The lowest BCUT2D eigenvalue weighted by Gasteiger charge is -2.31. The Balaban J connectivity index is 1.74. The van der Waals surface area contributed by atoms with E-state index in [1.54, 1.807) is 0 Å². The first-order chi connectivity index (χ1) is 6.36. The van der Waals surface area contributed by atoms with Gasteiger partial charge in [0.25, 0.3) is 0 Å². The van der Waals surface area contributed by atoms with Gasteiger partial charge in [0, 0.05) is 31.0 Å². The average molecular weight is 200 g/mol. The fourth-order valence-electron chi connectivity index (χ4n) is 1.68. The SMILES string of the molecule is O=C(CC1CNC1)N1CCSCC1. The molecule has 2 rings (SSSR count). The summed E-state index contributed by atoms with van der Waals surface area (Å²) in [6.07, 6.45) is 0.762. The maximum absolute atomic E-state index is 11.7. The zero-order chi connectivity index (χ0) is 9.10. The normalized spacial score (nSPS) is 24.2. The summed E-state index contributed by atoms with van der Waals surface area (Å²) in [5.74, 6) is 3.22. The minimum Gasteiger partial charge on any atom is -0.341 e. The first-order valence-electron chi connectivity index (χ1n) is 4.92. The van der Waals surface area contributed by atoms with Crippen molar-refractivity contribution in [3.63, 3.8) is 0 Å². The zero-order valence-corrected chi connectivity index (χ0v) is 8.61. The van der Waals surface area contributed by atoms with Gasteiger partial charge in [-0.3, -0.25) is 4.79 Å². The highest BCUT2D eigenvalue weighted by Gasteiger charge is 2.24. The Morgan fingerprint density at radius 2 is 2.08 bits per heavy atom. The minimum atomic E-state index is 0.367. The molecule has 0 spiro atoms. The Labute approximate surface area is 83.2 Å². The van der Waals surface area contributed by atoms with Crippen molar-refractivity contribution in [1.29, 1.82) is 0 Å². The molecular formula is C9H16N2OS. The van der Waals surface area contributed by atoms with Crippen molar-refractivity contribution >= 4 is 17.7 Å². The van der Waals surface area contributed by atoms with Crippen LogP contribution in [0, 0.1) is 5.92 Å². The highest BCUT2D eigenvalue weighted by molar-refractivity contribution is 7.99. The highest BCUT2D eigenvalue weighted by Crippen LogP contribution is 2.14. The molecule has 0 aromatic carbocycles. The molecule has 0 bridgehead atoms. The monoisotopic (exact) mass is 200 g/mol. The van der Waals surface area contributed by atoms with Gasteiger partial charge in [-0.2, -0.15) is 11.8 Å². The van der Waals surface area contributed by atoms with Crippen LogP contribution in [0.15, 0.2) is 0 Å². The quantitative estimate of drug-likeness (QED) is 0.690. The van der Waals surface area contributed by atoms with Gasteiger partial charge in [0.15, 0.2) is 0 Å². The van der Waals surface area contributed by atoms with Gasteiger partial charge in [-0.25, -0.2) is 0 Å². The lowest BCUT2D eigenvalue weighted by Crippen LogP contribution is -2.46. The van der Waals surface area contributed by atoms with Crippen molar-refractivity contribution in [2.75, 3.05) is 37.7 Å². The third-order valence-electron chi connectivity index (χ3n) is 2.69. The standard InChI is InChI=1S/C9H16N2OS/c12-9(5-8-6-10-7-8)11-1-3-13-4-2-11/h8,10H,1-7H2. The van der Waals surface area contributed by atoms with E-state index < -0.39 is 0 Å². The molecule has 0 saturated carbocycles. The third-order valence-corrected chi connectivity index (χ3v) is 3.64. The summed E-state index contributed by atoms with van der Waals surface area (Å²) >= 11 is 1.95. The Morgan fingerprint density at radius 1 is 1.38 bits per heavy atom. The lowest BCUT2D eigenvalue weighted by molar-refractivity contribution is -0.132. The van der Waals surface area contributed by atoms with Crippen LogP contribution in [-0.2, 0) is 4.79 Å². The number of thioether (sulfide) groups is 1. The second-order valence-electron chi connectivity index (χ2n) is 3.72. The van der Waals surface area contributed by atoms with Crippen LogP contribution in [0.25, 0.3) is 0 Å². The van der Waals surface area contributed by atoms with Crippen LogP contribution in [0.5, 0.6) is 0 Å². The second kappa shape index (κ2) is 4.33. The van der Waals surface area contributed by atoms with Crippen LogP contribution in [0.2, 0.25) is 0 Å². The summed E-state index contributed by atoms with van der Waals surface area (Å²) in [5.41, 5.74) is 0. The van der Waals surface area contributed by atoms with Gasteiger partial charge < -0.3 is 10.2 Å². The summed E-state index contributed by atoms with van der Waals surface area (Å²) < 4.78 is 0. The average Bonchev–Trinajstić information content (AvgIpc) is 2.12. The molecule has 0 aliphatic carbocycles. The molecule has 13 heavy (non-hydrogen) atoms. The Bertz CT molecular complexity index is 188. The number of carbonyl (C=O) groups is 1. The van der Waals surface area contributed by atoms with Gasteiger partial charge in [-0.15, -0.1) is 0 Å². The van der Waals surface area contributed by atoms with Gasteiger partial charge in [-0.05, 0) is 19.0 Å². The molecule has 3 nitrogen and oxygen atoms in total. The number of rotatable bonds is 2. The molecule has 2 saturated heterocycles. The lowest BCUT2D eigenvalue weighted by atomic mass is 9.99. The summed E-state index contributed by atoms with van der Waals surface area (Å²) in [6.45, 7) is 4.00. The van der Waals surface area contributed by atoms with Gasteiger partial charge in [-0.1, -0.05) is 0 Å². The molecule has 2 aliphatic rings. The molecule has 2 aliphatic heterocycles. The second-order valence-corrected chi connectivity index (χ2v) is 4.95. The van der Waals surface area contributed by atoms with E-state index in [2.05, 4.69) is 5.32 Å². The van der Waals surface area contributed by atoms with Crippen molar-refractivity contribution in [3.8, 4) is 0 Å². The maximum atomic E-state index is 11.7. The van der Waals surface area contributed by atoms with E-state index in [1.807, 2.05) is 16.7 Å². The van der Waals surface area contributed by atoms with Gasteiger partial charge in [0.05, 0.1) is 0 Å². The van der Waals surface area contributed by atoms with Gasteiger partial charge >= 0.3 is 0 Å². The van der Waals surface area contributed by atoms with E-state index in [-0.39, 0.29) is 0 Å². The number of nitrogens with one attached hydrogen (secondary N) is 1. The molecule has 4 heteroatoms. The first kappa shape index (κ1) is 9.34. The molecule has 0 aromatic rings. The summed E-state index contributed by atoms with van der Waals surface area (Å²) in [4.78, 5) is 13.7. The van der Waals surface area contributed by atoms with Crippen molar-refractivity contribution < 1.29 is 4.79 Å². The van der Waals surface area contributed by atoms with Crippen LogP contribution < -0.4 is 5.32 Å². The van der Waals surface area contributed by atoms with Gasteiger partial charge in [0.2, 0.25) is 5.91 Å². The number of hydrogen-bond acceptors (Lipinski definition) is 3. The Hall–Kier alpha value is -0.220. The fourth-order valence-corrected chi connectivity index (χ4v) is 2.58. The maximum Gasteiger partial charge on any atom is 0.222 e. The van der Waals surface area contributed by atoms with E-state index in [0.717, 1.165) is 44.1 Å². The summed E-state index contributed by atoms with van der Waals surface area (Å²) in [7, 11) is 0. The molecular weight excluding hydrogens is 184 g/mol. The van der Waals surface area contributed by atoms with E-state index in [1.165, 1.54) is 0 Å². The molecule has 0 aromatic heterocycles. The zero-order valence-electron chi connectivity index (χ0n) is 7.79. The topological polar surface area (TPSA) is 32.3 Å². The Kier molecular flexibility index (Phi) is 3.11. The molecule has 1 N–H and O–H groups in total. The van der Waals surface area contributed by atoms with Crippen LogP contribution in [0.3, 0.4) is 0 Å². The minimum absolute atomic E-state index is 0.367. The van der Waals surface area contributed by atoms with E-state index in [9.17, 15) is 4.79 Å². The van der Waals surface area contributed by atoms with Crippen LogP contribution in [0.4, 0.5) is 0 Å². The third kappa shape index (κ3) is 2.38. The largest absolute Gasteiger partial charge is 0.341 e. The summed E-state index contributed by atoms with van der Waals surface area (Å²) in [6, 6.07) is 0. The predicted octanol–water partition coefficient (Wildman–Crippen LogP) is 0.171. The number of amides is 1. The van der Waals surface area contributed by atoms with Crippen molar-refractivity contribution in [2.24, 2.45) is 5.92 Å². The van der Waals surface area contributed by atoms with Crippen molar-refractivity contribution in [3.05, 3.63) is 0 Å². The molecule has 0 radical (unpaired) electrons. The van der Waals surface area contributed by atoms with Crippen LogP contribution in [-0.4, -0.2) is 48.5 Å². The number of carbonyl (C=O) groups excluding carboxylic acids is 1. The van der Waals surface area contributed by atoms with Crippen LogP contribution in [0.1, 0.15) is 6.42 Å². The molecule has 0 unspecified atom stereocenters. The molecule has 2 heterocycles. The first-order valence-corrected chi connectivity index (χ1v) is 6.08.